The van der Waals surface area contributed by atoms with Crippen LogP contribution in [0.4, 0.5) is 5.82 Å². The maximum Gasteiger partial charge on any atom is 0.271 e. The smallest absolute Gasteiger partial charge is 0.271 e. The molecule has 0 spiro atoms. The highest BCUT2D eigenvalue weighted by Gasteiger charge is 2.07. The molecule has 0 aliphatic carbocycles. The van der Waals surface area contributed by atoms with Crippen molar-refractivity contribution in [2.24, 2.45) is 5.92 Å². The predicted octanol–water partition coefficient (Wildman–Crippen LogP) is 2.27. The van der Waals surface area contributed by atoms with E-state index in [1.165, 1.54) is 6.33 Å². The average Bonchev–Trinajstić information content (AvgIpc) is 2.25. The van der Waals surface area contributed by atoms with E-state index in [1.807, 2.05) is 0 Å². The van der Waals surface area contributed by atoms with Crippen molar-refractivity contribution in [1.82, 2.24) is 9.97 Å². The van der Waals surface area contributed by atoms with Crippen LogP contribution in [0.1, 0.15) is 26.7 Å². The minimum atomic E-state index is -0.307. The summed E-state index contributed by atoms with van der Waals surface area (Å²) < 4.78 is 0. The molecule has 4 nitrogen and oxygen atoms in total. The number of aromatic nitrogens is 2. The largest absolute Gasteiger partial charge is 0.368 e. The minimum absolute atomic E-state index is 0.128. The summed E-state index contributed by atoms with van der Waals surface area (Å²) >= 11 is 5.79. The summed E-state index contributed by atoms with van der Waals surface area (Å²) in [6.07, 6.45) is 3.55. The average molecular weight is 230 g/mol. The minimum Gasteiger partial charge on any atom is -0.368 e. The molecule has 5 heteroatoms. The lowest BCUT2D eigenvalue weighted by atomic mass is 10.0. The van der Waals surface area contributed by atoms with E-state index >= 15 is 0 Å². The molecule has 0 aliphatic heterocycles. The first kappa shape index (κ1) is 12.0. The molecule has 0 saturated carbocycles. The van der Waals surface area contributed by atoms with E-state index in [9.17, 15) is 4.79 Å². The van der Waals surface area contributed by atoms with Gasteiger partial charge in [-0.1, -0.05) is 38.3 Å². The van der Waals surface area contributed by atoms with Crippen molar-refractivity contribution >= 4 is 17.4 Å². The van der Waals surface area contributed by atoms with E-state index < -0.39 is 0 Å². The molecular formula is C10H16ClN3O. The van der Waals surface area contributed by atoms with Crippen molar-refractivity contribution in [2.45, 2.75) is 26.7 Å². The van der Waals surface area contributed by atoms with Gasteiger partial charge in [0.15, 0.2) is 5.82 Å². The lowest BCUT2D eigenvalue weighted by molar-refractivity contribution is 0.518. The van der Waals surface area contributed by atoms with Crippen LogP contribution in [0.5, 0.6) is 0 Å². The molecule has 0 amide bonds. The molecule has 0 aromatic carbocycles. The zero-order valence-corrected chi connectivity index (χ0v) is 9.77. The van der Waals surface area contributed by atoms with Crippen molar-refractivity contribution < 1.29 is 0 Å². The van der Waals surface area contributed by atoms with Gasteiger partial charge in [-0.25, -0.2) is 4.98 Å². The first-order valence-electron chi connectivity index (χ1n) is 5.16. The Morgan fingerprint density at radius 3 is 2.80 bits per heavy atom. The summed E-state index contributed by atoms with van der Waals surface area (Å²) in [5, 5.41) is 3.22. The van der Waals surface area contributed by atoms with E-state index in [1.54, 1.807) is 0 Å². The Morgan fingerprint density at radius 1 is 1.53 bits per heavy atom. The van der Waals surface area contributed by atoms with Gasteiger partial charge in [0, 0.05) is 6.54 Å². The second-order valence-electron chi connectivity index (χ2n) is 3.46. The molecule has 2 N–H and O–H groups in total. The Kier molecular flexibility index (Phi) is 4.62. The molecule has 84 valence electrons. The molecule has 0 unspecified atom stereocenters. The number of aromatic amines is 1. The van der Waals surface area contributed by atoms with Crippen LogP contribution in [0.15, 0.2) is 11.1 Å². The SMILES string of the molecule is CCC(CC)CNc1nc[nH]c(=O)c1Cl. The van der Waals surface area contributed by atoms with Gasteiger partial charge in [-0.2, -0.15) is 0 Å². The van der Waals surface area contributed by atoms with Gasteiger partial charge >= 0.3 is 0 Å². The number of hydrogen-bond acceptors (Lipinski definition) is 3. The molecule has 0 bridgehead atoms. The van der Waals surface area contributed by atoms with Crippen LogP contribution in [0.2, 0.25) is 5.02 Å². The third kappa shape index (κ3) is 3.23. The van der Waals surface area contributed by atoms with Crippen molar-refractivity contribution in [3.8, 4) is 0 Å². The van der Waals surface area contributed by atoms with Gasteiger partial charge in [0.25, 0.3) is 5.56 Å². The maximum atomic E-state index is 11.2. The molecular weight excluding hydrogens is 214 g/mol. The number of halogens is 1. The van der Waals surface area contributed by atoms with E-state index in [4.69, 9.17) is 11.6 Å². The predicted molar refractivity (Wildman–Crippen MR) is 62.4 cm³/mol. The molecule has 1 rings (SSSR count). The summed E-state index contributed by atoms with van der Waals surface area (Å²) in [6.45, 7) is 5.08. The number of hydrogen-bond donors (Lipinski definition) is 2. The molecule has 1 aromatic rings. The van der Waals surface area contributed by atoms with Crippen LogP contribution in [-0.2, 0) is 0 Å². The maximum absolute atomic E-state index is 11.2. The van der Waals surface area contributed by atoms with Crippen LogP contribution in [0.3, 0.4) is 0 Å². The van der Waals surface area contributed by atoms with Crippen LogP contribution in [-0.4, -0.2) is 16.5 Å². The van der Waals surface area contributed by atoms with Crippen molar-refractivity contribution in [1.29, 1.82) is 0 Å². The Balaban J connectivity index is 2.65. The first-order valence-corrected chi connectivity index (χ1v) is 5.53. The number of H-pyrrole nitrogens is 1. The highest BCUT2D eigenvalue weighted by Crippen LogP contribution is 2.14. The molecule has 0 atom stereocenters. The van der Waals surface area contributed by atoms with E-state index in [-0.39, 0.29) is 10.6 Å². The molecule has 1 heterocycles. The number of nitrogens with one attached hydrogen (secondary N) is 2. The quantitative estimate of drug-likeness (QED) is 0.815. The topological polar surface area (TPSA) is 57.8 Å². The summed E-state index contributed by atoms with van der Waals surface area (Å²) in [7, 11) is 0. The van der Waals surface area contributed by atoms with Gasteiger partial charge in [-0.15, -0.1) is 0 Å². The Labute approximate surface area is 94.1 Å². The fourth-order valence-electron chi connectivity index (χ4n) is 1.32. The van der Waals surface area contributed by atoms with Crippen LogP contribution >= 0.6 is 11.6 Å². The molecule has 0 fully saturated rings. The second kappa shape index (κ2) is 5.75. The van der Waals surface area contributed by atoms with Gasteiger partial charge in [-0.05, 0) is 5.92 Å². The number of anilines is 1. The van der Waals surface area contributed by atoms with Gasteiger partial charge in [-0.3, -0.25) is 4.79 Å². The second-order valence-corrected chi connectivity index (χ2v) is 3.84. The third-order valence-electron chi connectivity index (χ3n) is 2.51. The molecule has 0 radical (unpaired) electrons. The van der Waals surface area contributed by atoms with Gasteiger partial charge in [0.1, 0.15) is 5.02 Å². The Bertz CT molecular complexity index is 360. The lowest BCUT2D eigenvalue weighted by Gasteiger charge is -2.13. The number of rotatable bonds is 5. The lowest BCUT2D eigenvalue weighted by Crippen LogP contribution is -2.17. The normalized spacial score (nSPS) is 10.7. The third-order valence-corrected chi connectivity index (χ3v) is 2.86. The highest BCUT2D eigenvalue weighted by molar-refractivity contribution is 6.32. The number of nitrogens with zero attached hydrogens (tertiary/aromatic N) is 1. The summed E-state index contributed by atoms with van der Waals surface area (Å²) in [6, 6.07) is 0. The standard InChI is InChI=1S/C10H16ClN3O/c1-3-7(4-2)5-12-9-8(11)10(15)14-6-13-9/h6-7H,3-5H2,1-2H3,(H2,12,13,14,15). The Hall–Kier alpha value is -1.03. The fourth-order valence-corrected chi connectivity index (χ4v) is 1.49. The van der Waals surface area contributed by atoms with Crippen molar-refractivity contribution in [3.63, 3.8) is 0 Å². The monoisotopic (exact) mass is 229 g/mol. The molecule has 0 saturated heterocycles. The van der Waals surface area contributed by atoms with Crippen LogP contribution < -0.4 is 10.9 Å². The van der Waals surface area contributed by atoms with Gasteiger partial charge in [0.05, 0.1) is 6.33 Å². The summed E-state index contributed by atoms with van der Waals surface area (Å²) in [5.74, 6) is 1.05. The van der Waals surface area contributed by atoms with Crippen molar-refractivity contribution in [3.05, 3.63) is 21.7 Å². The van der Waals surface area contributed by atoms with Crippen molar-refractivity contribution in [2.75, 3.05) is 11.9 Å². The zero-order valence-electron chi connectivity index (χ0n) is 9.01. The fraction of sp³-hybridized carbons (Fsp3) is 0.600. The van der Waals surface area contributed by atoms with Gasteiger partial charge < -0.3 is 10.3 Å². The zero-order chi connectivity index (χ0) is 11.3. The van der Waals surface area contributed by atoms with Crippen LogP contribution in [0, 0.1) is 5.92 Å². The summed E-state index contributed by atoms with van der Waals surface area (Å²) in [4.78, 5) is 17.6. The van der Waals surface area contributed by atoms with E-state index in [2.05, 4.69) is 29.1 Å². The Morgan fingerprint density at radius 2 is 2.20 bits per heavy atom. The summed E-state index contributed by atoms with van der Waals surface area (Å²) in [5.41, 5.74) is -0.307. The highest BCUT2D eigenvalue weighted by atomic mass is 35.5. The van der Waals surface area contributed by atoms with Gasteiger partial charge in [0.2, 0.25) is 0 Å². The molecule has 0 aliphatic rings. The first-order chi connectivity index (χ1) is 7.19. The van der Waals surface area contributed by atoms with E-state index in [0.717, 1.165) is 19.4 Å². The molecule has 1 aromatic heterocycles. The van der Waals surface area contributed by atoms with E-state index in [0.29, 0.717) is 11.7 Å². The molecule has 15 heavy (non-hydrogen) atoms. The van der Waals surface area contributed by atoms with Crippen LogP contribution in [0.25, 0.3) is 0 Å².